The van der Waals surface area contributed by atoms with E-state index < -0.39 is 94.7 Å². The van der Waals surface area contributed by atoms with Gasteiger partial charge in [0.15, 0.2) is 5.96 Å². The summed E-state index contributed by atoms with van der Waals surface area (Å²) in [6.45, 7) is 0.0836. The summed E-state index contributed by atoms with van der Waals surface area (Å²) in [6.07, 6.45) is -0.774. The number of carbonyl (C=O) groups excluding carboxylic acids is 5. The molecule has 0 saturated carbocycles. The van der Waals surface area contributed by atoms with E-state index in [2.05, 4.69) is 21.3 Å². The molecular weight excluding hydrogens is 598 g/mol. The number of likely N-dealkylation sites (tertiary alicyclic amines) is 1. The van der Waals surface area contributed by atoms with Crippen molar-refractivity contribution >= 4 is 51.6 Å². The van der Waals surface area contributed by atoms with Crippen LogP contribution in [0.4, 0.5) is 0 Å². The number of nitrogens with two attached hydrogens (primary N) is 2. The molecule has 1 rings (SSSR count). The molecule has 5 atom stereocenters. The predicted molar refractivity (Wildman–Crippen MR) is 147 cm³/mol. The van der Waals surface area contributed by atoms with Crippen molar-refractivity contribution in [2.24, 2.45) is 11.5 Å². The van der Waals surface area contributed by atoms with E-state index in [4.69, 9.17) is 16.9 Å². The summed E-state index contributed by atoms with van der Waals surface area (Å²) in [5, 5.41) is 37.8. The zero-order valence-corrected chi connectivity index (χ0v) is 24.2. The Balaban J connectivity index is 2.94. The van der Waals surface area contributed by atoms with Crippen molar-refractivity contribution in [3.05, 3.63) is 0 Å². The number of aliphatic carboxylic acids is 1. The number of hydrogen-bond acceptors (Lipinski definition) is 11. The van der Waals surface area contributed by atoms with Crippen LogP contribution in [-0.2, 0) is 38.9 Å². The molecule has 0 aromatic heterocycles. The first kappa shape index (κ1) is 36.9. The van der Waals surface area contributed by atoms with Crippen LogP contribution in [0, 0.1) is 5.41 Å². The van der Waals surface area contributed by atoms with Gasteiger partial charge in [-0.25, -0.2) is 4.79 Å². The third-order valence-corrected chi connectivity index (χ3v) is 6.90. The third-order valence-electron chi connectivity index (χ3n) is 6.14. The van der Waals surface area contributed by atoms with Crippen LogP contribution in [0.5, 0.6) is 0 Å². The van der Waals surface area contributed by atoms with Crippen molar-refractivity contribution in [2.45, 2.75) is 62.9 Å². The number of carbonyl (C=O) groups is 6. The number of aliphatic hydroxyl groups is 1. The number of nitrogens with one attached hydrogen (secondary N) is 6. The summed E-state index contributed by atoms with van der Waals surface area (Å²) in [4.78, 5) is 75.2. The van der Waals surface area contributed by atoms with Crippen molar-refractivity contribution in [1.29, 1.82) is 5.41 Å². The number of amides is 5. The molecule has 1 saturated heterocycles. The SMILES string of the molecule is CC(O)[C@H](NC(=O)[C@H](CS(=O)(=O)O)NC(=O)CNC(=O)[C@H](CCCNC(=N)N)NC(=O)CN)C(=O)N1CCC[C@H]1C(=O)O. The van der Waals surface area contributed by atoms with Crippen molar-refractivity contribution in [1.82, 2.24) is 31.5 Å². The molecule has 20 nitrogen and oxygen atoms in total. The number of guanidine groups is 1. The lowest BCUT2D eigenvalue weighted by Gasteiger charge is -2.30. The molecule has 0 aliphatic carbocycles. The maximum Gasteiger partial charge on any atom is 0.326 e. The summed E-state index contributed by atoms with van der Waals surface area (Å²) in [5.41, 5.74) is 10.4. The minimum atomic E-state index is -4.89. The van der Waals surface area contributed by atoms with E-state index >= 15 is 0 Å². The second kappa shape index (κ2) is 17.1. The molecule has 0 bridgehead atoms. The Bertz CT molecular complexity index is 1170. The van der Waals surface area contributed by atoms with Crippen LogP contribution in [0.25, 0.3) is 0 Å². The minimum absolute atomic E-state index is 0.0275. The highest BCUT2D eigenvalue weighted by Crippen LogP contribution is 2.19. The number of carboxylic acids is 1. The molecule has 0 aromatic carbocycles. The zero-order chi connectivity index (χ0) is 32.9. The van der Waals surface area contributed by atoms with Gasteiger partial charge in [-0.15, -0.1) is 0 Å². The van der Waals surface area contributed by atoms with E-state index in [1.165, 1.54) is 0 Å². The summed E-state index contributed by atoms with van der Waals surface area (Å²) < 4.78 is 32.4. The van der Waals surface area contributed by atoms with Crippen molar-refractivity contribution in [3.8, 4) is 0 Å². The molecule has 43 heavy (non-hydrogen) atoms. The average molecular weight is 638 g/mol. The van der Waals surface area contributed by atoms with E-state index in [-0.39, 0.29) is 38.3 Å². The van der Waals surface area contributed by atoms with Crippen LogP contribution >= 0.6 is 0 Å². The maximum absolute atomic E-state index is 13.0. The lowest BCUT2D eigenvalue weighted by Crippen LogP contribution is -2.60. The van der Waals surface area contributed by atoms with E-state index in [0.29, 0.717) is 6.42 Å². The van der Waals surface area contributed by atoms with Gasteiger partial charge >= 0.3 is 5.97 Å². The monoisotopic (exact) mass is 637 g/mol. The van der Waals surface area contributed by atoms with Crippen LogP contribution < -0.4 is 38.1 Å². The van der Waals surface area contributed by atoms with Gasteiger partial charge < -0.3 is 53.2 Å². The number of carboxylic acid groups (broad SMARTS) is 1. The van der Waals surface area contributed by atoms with E-state index in [1.807, 2.05) is 5.32 Å². The molecule has 1 unspecified atom stereocenters. The molecule has 5 amide bonds. The molecule has 0 radical (unpaired) electrons. The van der Waals surface area contributed by atoms with Crippen LogP contribution in [0.1, 0.15) is 32.6 Å². The number of rotatable bonds is 17. The summed E-state index contributed by atoms with van der Waals surface area (Å²) in [6, 6.07) is -6.09. The Morgan fingerprint density at radius 1 is 1.02 bits per heavy atom. The Hall–Kier alpha value is -4.08. The Morgan fingerprint density at radius 3 is 2.19 bits per heavy atom. The molecule has 1 heterocycles. The number of nitrogens with zero attached hydrogens (tertiary/aromatic N) is 1. The lowest BCUT2D eigenvalue weighted by molar-refractivity contribution is -0.150. The normalized spacial score (nSPS) is 17.5. The first-order valence-electron chi connectivity index (χ1n) is 13.1. The standard InChI is InChI=1S/C22H39N9O11S/c1-11(32)17(20(37)31-7-3-5-14(31)21(38)39)30-19(36)13(10-43(40,41)42)29-16(34)9-27-18(35)12(28-15(33)8-23)4-2-6-26-22(24)25/h11-14,17,32H,2-10,23H2,1H3,(H,27,35)(H,28,33)(H,29,34)(H,30,36)(H,38,39)(H4,24,25,26)(H,40,41,42)/t11?,12-,13-,14-,17-/m0/s1. The summed E-state index contributed by atoms with van der Waals surface area (Å²) in [5.74, 6) is -7.85. The fourth-order valence-corrected chi connectivity index (χ4v) is 4.75. The van der Waals surface area contributed by atoms with Gasteiger partial charge in [-0.05, 0) is 32.6 Å². The van der Waals surface area contributed by atoms with Crippen molar-refractivity contribution in [3.63, 3.8) is 0 Å². The van der Waals surface area contributed by atoms with E-state index in [0.717, 1.165) is 11.8 Å². The maximum atomic E-state index is 13.0. The molecule has 13 N–H and O–H groups in total. The van der Waals surface area contributed by atoms with Gasteiger partial charge in [0, 0.05) is 13.1 Å². The Kier molecular flexibility index (Phi) is 14.7. The van der Waals surface area contributed by atoms with Gasteiger partial charge in [-0.2, -0.15) is 8.42 Å². The van der Waals surface area contributed by atoms with Crippen LogP contribution in [0.3, 0.4) is 0 Å². The zero-order valence-electron chi connectivity index (χ0n) is 23.4. The topological polar surface area (TPSA) is 337 Å². The largest absolute Gasteiger partial charge is 0.480 e. The van der Waals surface area contributed by atoms with Gasteiger partial charge in [-0.1, -0.05) is 0 Å². The van der Waals surface area contributed by atoms with Gasteiger partial charge in [0.05, 0.1) is 19.2 Å². The average Bonchev–Trinajstić information content (AvgIpc) is 3.40. The van der Waals surface area contributed by atoms with Gasteiger partial charge in [0.25, 0.3) is 10.1 Å². The van der Waals surface area contributed by atoms with Gasteiger partial charge in [0.1, 0.15) is 29.9 Å². The van der Waals surface area contributed by atoms with Crippen molar-refractivity contribution in [2.75, 3.05) is 31.9 Å². The fraction of sp³-hybridized carbons (Fsp3) is 0.682. The Morgan fingerprint density at radius 2 is 1.65 bits per heavy atom. The van der Waals surface area contributed by atoms with E-state index in [9.17, 15) is 52.0 Å². The molecular formula is C22H39N9O11S. The van der Waals surface area contributed by atoms with Crippen LogP contribution in [-0.4, -0.2) is 132 Å². The lowest BCUT2D eigenvalue weighted by atomic mass is 10.1. The highest BCUT2D eigenvalue weighted by atomic mass is 32.2. The molecule has 244 valence electrons. The van der Waals surface area contributed by atoms with Crippen LogP contribution in [0.15, 0.2) is 0 Å². The third kappa shape index (κ3) is 13.2. The highest BCUT2D eigenvalue weighted by molar-refractivity contribution is 7.85. The summed E-state index contributed by atoms with van der Waals surface area (Å²) >= 11 is 0. The second-order valence-corrected chi connectivity index (χ2v) is 11.1. The van der Waals surface area contributed by atoms with Gasteiger partial charge in [-0.3, -0.25) is 33.9 Å². The quantitative estimate of drug-likeness (QED) is 0.0306. The molecule has 0 aromatic rings. The molecule has 21 heteroatoms. The molecule has 0 spiro atoms. The van der Waals surface area contributed by atoms with Crippen molar-refractivity contribution < 1.29 is 52.0 Å². The molecule has 1 aliphatic rings. The smallest absolute Gasteiger partial charge is 0.326 e. The predicted octanol–water partition coefficient (Wildman–Crippen LogP) is -5.88. The first-order chi connectivity index (χ1) is 20.0. The second-order valence-electron chi connectivity index (χ2n) is 9.65. The Labute approximate surface area is 246 Å². The fourth-order valence-electron chi connectivity index (χ4n) is 4.09. The number of aliphatic hydroxyl groups excluding tert-OH is 1. The van der Waals surface area contributed by atoms with Crippen LogP contribution in [0.2, 0.25) is 0 Å². The summed E-state index contributed by atoms with van der Waals surface area (Å²) in [7, 11) is -4.89. The molecule has 1 aliphatic heterocycles. The first-order valence-corrected chi connectivity index (χ1v) is 14.7. The van der Waals surface area contributed by atoms with E-state index in [1.54, 1.807) is 0 Å². The molecule has 1 fully saturated rings. The number of hydrogen-bond donors (Lipinski definition) is 11. The van der Waals surface area contributed by atoms with Gasteiger partial charge in [0.2, 0.25) is 29.5 Å². The highest BCUT2D eigenvalue weighted by Gasteiger charge is 2.40. The minimum Gasteiger partial charge on any atom is -0.480 e.